The van der Waals surface area contributed by atoms with Gasteiger partial charge in [-0.25, -0.2) is 0 Å². The van der Waals surface area contributed by atoms with E-state index < -0.39 is 5.91 Å². The molecule has 0 saturated carbocycles. The average molecular weight is 248 g/mol. The predicted octanol–water partition coefficient (Wildman–Crippen LogP) is 0.616. The second kappa shape index (κ2) is 5.82. The van der Waals surface area contributed by atoms with Gasteiger partial charge in [-0.15, -0.1) is 0 Å². The highest BCUT2D eigenvalue weighted by molar-refractivity contribution is 5.91. The summed E-state index contributed by atoms with van der Waals surface area (Å²) in [4.78, 5) is 17.2. The molecule has 0 aliphatic carbocycles. The molecule has 0 bridgehead atoms. The minimum atomic E-state index is -0.482. The molecule has 0 spiro atoms. The molecular weight excluding hydrogens is 228 g/mol. The van der Waals surface area contributed by atoms with Crippen molar-refractivity contribution in [1.29, 1.82) is 0 Å². The van der Waals surface area contributed by atoms with E-state index in [9.17, 15) is 4.79 Å². The minimum absolute atomic E-state index is 0.320. The molecule has 18 heavy (non-hydrogen) atoms. The van der Waals surface area contributed by atoms with Gasteiger partial charge in [-0.2, -0.15) is 0 Å². The topological polar surface area (TPSA) is 71.2 Å². The first-order valence-electron chi connectivity index (χ1n) is 6.34. The Morgan fingerprint density at radius 2 is 2.50 bits per heavy atom. The fourth-order valence-electron chi connectivity index (χ4n) is 2.36. The van der Waals surface area contributed by atoms with E-state index in [1.165, 1.54) is 12.8 Å². The molecule has 1 aliphatic heterocycles. The molecule has 1 atom stereocenters. The number of rotatable bonds is 4. The summed E-state index contributed by atoms with van der Waals surface area (Å²) < 4.78 is 0. The zero-order valence-electron chi connectivity index (χ0n) is 10.7. The van der Waals surface area contributed by atoms with Crippen molar-refractivity contribution in [2.45, 2.75) is 12.8 Å². The summed E-state index contributed by atoms with van der Waals surface area (Å²) in [5.74, 6) is 0.179. The van der Waals surface area contributed by atoms with E-state index in [0.29, 0.717) is 11.6 Å². The number of aromatic nitrogens is 1. The van der Waals surface area contributed by atoms with Gasteiger partial charge in [0.15, 0.2) is 0 Å². The number of primary amides is 1. The van der Waals surface area contributed by atoms with Crippen LogP contribution < -0.4 is 16.0 Å². The van der Waals surface area contributed by atoms with Crippen molar-refractivity contribution in [2.75, 3.05) is 31.6 Å². The van der Waals surface area contributed by atoms with Crippen LogP contribution in [0, 0.1) is 5.92 Å². The molecule has 2 rings (SSSR count). The fourth-order valence-corrected chi connectivity index (χ4v) is 2.36. The van der Waals surface area contributed by atoms with Gasteiger partial charge < -0.3 is 16.0 Å². The number of carbonyl (C=O) groups excluding carboxylic acids is 1. The van der Waals surface area contributed by atoms with E-state index >= 15 is 0 Å². The second-order valence-electron chi connectivity index (χ2n) is 4.86. The molecule has 5 nitrogen and oxygen atoms in total. The van der Waals surface area contributed by atoms with Crippen LogP contribution in [0.4, 0.5) is 5.69 Å². The third kappa shape index (κ3) is 3.20. The quantitative estimate of drug-likeness (QED) is 0.819. The van der Waals surface area contributed by atoms with Crippen molar-refractivity contribution in [1.82, 2.24) is 10.3 Å². The van der Waals surface area contributed by atoms with Crippen LogP contribution in [0.5, 0.6) is 0 Å². The third-order valence-electron chi connectivity index (χ3n) is 3.37. The van der Waals surface area contributed by atoms with E-state index in [0.717, 1.165) is 25.3 Å². The molecule has 98 valence electrons. The first-order valence-corrected chi connectivity index (χ1v) is 6.34. The van der Waals surface area contributed by atoms with E-state index in [2.05, 4.69) is 15.2 Å². The second-order valence-corrected chi connectivity index (χ2v) is 4.86. The number of nitrogens with one attached hydrogen (secondary N) is 1. The number of hydrogen-bond acceptors (Lipinski definition) is 4. The van der Waals surface area contributed by atoms with Crippen LogP contribution in [0.2, 0.25) is 0 Å². The minimum Gasteiger partial charge on any atom is -0.374 e. The summed E-state index contributed by atoms with van der Waals surface area (Å²) in [6.07, 6.45) is 4.12. The van der Waals surface area contributed by atoms with Gasteiger partial charge in [0.1, 0.15) is 5.69 Å². The highest BCUT2D eigenvalue weighted by Crippen LogP contribution is 2.17. The molecule has 1 fully saturated rings. The van der Waals surface area contributed by atoms with Crippen LogP contribution in [0.15, 0.2) is 18.3 Å². The lowest BCUT2D eigenvalue weighted by atomic mass is 9.99. The molecule has 2 heterocycles. The highest BCUT2D eigenvalue weighted by atomic mass is 16.1. The number of hydrogen-bond donors (Lipinski definition) is 2. The molecule has 3 N–H and O–H groups in total. The Kier molecular flexibility index (Phi) is 4.15. The summed E-state index contributed by atoms with van der Waals surface area (Å²) in [7, 11) is 2.04. The lowest BCUT2D eigenvalue weighted by Crippen LogP contribution is -2.37. The summed E-state index contributed by atoms with van der Waals surface area (Å²) in [6.45, 7) is 3.18. The Morgan fingerprint density at radius 3 is 3.17 bits per heavy atom. The molecule has 0 aromatic carbocycles. The Labute approximate surface area is 107 Å². The van der Waals surface area contributed by atoms with Gasteiger partial charge >= 0.3 is 0 Å². The number of anilines is 1. The maximum atomic E-state index is 11.1. The molecule has 1 aromatic rings. The van der Waals surface area contributed by atoms with Gasteiger partial charge in [0.2, 0.25) is 0 Å². The number of nitrogens with zero attached hydrogens (tertiary/aromatic N) is 2. The van der Waals surface area contributed by atoms with Gasteiger partial charge in [0.05, 0.1) is 0 Å². The molecule has 0 radical (unpaired) electrons. The normalized spacial score (nSPS) is 19.5. The maximum Gasteiger partial charge on any atom is 0.267 e. The zero-order valence-corrected chi connectivity index (χ0v) is 10.7. The van der Waals surface area contributed by atoms with Crippen LogP contribution in [0.1, 0.15) is 23.3 Å². The number of amides is 1. The Bertz CT molecular complexity index is 415. The van der Waals surface area contributed by atoms with Crippen molar-refractivity contribution < 1.29 is 4.79 Å². The van der Waals surface area contributed by atoms with E-state index in [1.807, 2.05) is 13.1 Å². The van der Waals surface area contributed by atoms with Crippen LogP contribution in [0.25, 0.3) is 0 Å². The molecule has 1 amide bonds. The number of pyridine rings is 1. The molecule has 5 heteroatoms. The van der Waals surface area contributed by atoms with Crippen LogP contribution >= 0.6 is 0 Å². The van der Waals surface area contributed by atoms with Crippen molar-refractivity contribution in [2.24, 2.45) is 11.7 Å². The third-order valence-corrected chi connectivity index (χ3v) is 3.37. The maximum absolute atomic E-state index is 11.1. The van der Waals surface area contributed by atoms with Crippen LogP contribution in [0.3, 0.4) is 0 Å². The largest absolute Gasteiger partial charge is 0.374 e. The predicted molar refractivity (Wildman–Crippen MR) is 71.6 cm³/mol. The number of nitrogens with two attached hydrogens (primary N) is 1. The van der Waals surface area contributed by atoms with Crippen molar-refractivity contribution >= 4 is 11.6 Å². The SMILES string of the molecule is CN(CC1CCCNC1)c1ccnc(C(N)=O)c1. The number of carbonyl (C=O) groups is 1. The highest BCUT2D eigenvalue weighted by Gasteiger charge is 2.15. The molecule has 1 unspecified atom stereocenters. The lowest BCUT2D eigenvalue weighted by Gasteiger charge is -2.28. The molecule has 1 aliphatic rings. The van der Waals surface area contributed by atoms with Crippen LogP contribution in [-0.4, -0.2) is 37.6 Å². The smallest absolute Gasteiger partial charge is 0.267 e. The lowest BCUT2D eigenvalue weighted by molar-refractivity contribution is 0.0995. The molecule has 1 aromatic heterocycles. The van der Waals surface area contributed by atoms with Crippen molar-refractivity contribution in [3.63, 3.8) is 0 Å². The van der Waals surface area contributed by atoms with Crippen LogP contribution in [-0.2, 0) is 0 Å². The fraction of sp³-hybridized carbons (Fsp3) is 0.538. The average Bonchev–Trinajstić information content (AvgIpc) is 2.40. The summed E-state index contributed by atoms with van der Waals surface area (Å²) in [6, 6.07) is 3.65. The van der Waals surface area contributed by atoms with Crippen molar-refractivity contribution in [3.05, 3.63) is 24.0 Å². The standard InChI is InChI=1S/C13H20N4O/c1-17(9-10-3-2-5-15-8-10)11-4-6-16-12(7-11)13(14)18/h4,6-7,10,15H,2-3,5,8-9H2,1H3,(H2,14,18). The molecule has 1 saturated heterocycles. The monoisotopic (exact) mass is 248 g/mol. The number of piperidine rings is 1. The van der Waals surface area contributed by atoms with Gasteiger partial charge in [0, 0.05) is 25.5 Å². The Hall–Kier alpha value is -1.62. The Balaban J connectivity index is 2.01. The van der Waals surface area contributed by atoms with Gasteiger partial charge in [-0.05, 0) is 44.0 Å². The van der Waals surface area contributed by atoms with E-state index in [-0.39, 0.29) is 0 Å². The van der Waals surface area contributed by atoms with Gasteiger partial charge in [0.25, 0.3) is 5.91 Å². The zero-order chi connectivity index (χ0) is 13.0. The summed E-state index contributed by atoms with van der Waals surface area (Å²) in [5.41, 5.74) is 6.55. The first-order chi connectivity index (χ1) is 8.66. The summed E-state index contributed by atoms with van der Waals surface area (Å²) in [5, 5.41) is 3.41. The Morgan fingerprint density at radius 1 is 1.67 bits per heavy atom. The van der Waals surface area contributed by atoms with Crippen molar-refractivity contribution in [3.8, 4) is 0 Å². The van der Waals surface area contributed by atoms with E-state index in [4.69, 9.17) is 5.73 Å². The molecular formula is C13H20N4O. The van der Waals surface area contributed by atoms with E-state index in [1.54, 1.807) is 12.3 Å². The van der Waals surface area contributed by atoms with Gasteiger partial charge in [-0.1, -0.05) is 0 Å². The summed E-state index contributed by atoms with van der Waals surface area (Å²) >= 11 is 0. The first kappa shape index (κ1) is 12.8. The van der Waals surface area contributed by atoms with Gasteiger partial charge in [-0.3, -0.25) is 9.78 Å².